The van der Waals surface area contributed by atoms with E-state index in [1.165, 1.54) is 0 Å². The Balaban J connectivity index is 0.00000443. The van der Waals surface area contributed by atoms with Crippen molar-refractivity contribution in [2.45, 2.75) is 144 Å². The first kappa shape index (κ1) is 47.8. The zero-order chi connectivity index (χ0) is 43.3. The molecule has 0 saturated heterocycles. The van der Waals surface area contributed by atoms with Crippen LogP contribution in [-0.4, -0.2) is 82.7 Å². The van der Waals surface area contributed by atoms with E-state index in [1.807, 2.05) is 122 Å². The van der Waals surface area contributed by atoms with E-state index in [-0.39, 0.29) is 36.5 Å². The van der Waals surface area contributed by atoms with Gasteiger partial charge in [0.05, 0.1) is 29.1 Å². The molecular formula is C45H69N7O6. The number of nitrogens with zero attached hydrogens (tertiary/aromatic N) is 4. The fourth-order valence-corrected chi connectivity index (χ4v) is 6.73. The van der Waals surface area contributed by atoms with Crippen molar-refractivity contribution >= 4 is 29.3 Å². The summed E-state index contributed by atoms with van der Waals surface area (Å²) in [4.78, 5) is 53.0. The summed E-state index contributed by atoms with van der Waals surface area (Å²) in [7, 11) is 3.27. The normalized spacial score (nSPS) is 12.8. The molecule has 0 aliphatic carbocycles. The number of rotatable bonds is 19. The lowest BCUT2D eigenvalue weighted by Crippen LogP contribution is -2.45. The number of carbonyl (C=O) groups is 4. The van der Waals surface area contributed by atoms with Crippen LogP contribution in [0.5, 0.6) is 0 Å². The molecule has 3 aromatic rings. The van der Waals surface area contributed by atoms with Crippen LogP contribution in [-0.2, 0) is 41.7 Å². The summed E-state index contributed by atoms with van der Waals surface area (Å²) in [5.41, 5.74) is 2.86. The average Bonchev–Trinajstić information content (AvgIpc) is 3.60. The lowest BCUT2D eigenvalue weighted by atomic mass is 9.88. The van der Waals surface area contributed by atoms with E-state index in [9.17, 15) is 19.2 Å². The van der Waals surface area contributed by atoms with Crippen molar-refractivity contribution in [3.05, 3.63) is 54.1 Å². The lowest BCUT2D eigenvalue weighted by Gasteiger charge is -2.31. The minimum Gasteiger partial charge on any atom is -0.375 e. The highest BCUT2D eigenvalue weighted by Crippen LogP contribution is 2.41. The van der Waals surface area contributed by atoms with E-state index in [0.29, 0.717) is 69.8 Å². The number of ether oxygens (including phenoxy) is 2. The quantitative estimate of drug-likeness (QED) is 0.115. The fraction of sp³-hybridized carbons (Fsp3) is 0.600. The molecule has 13 nitrogen and oxygen atoms in total. The highest BCUT2D eigenvalue weighted by atomic mass is 16.5. The maximum absolute atomic E-state index is 14.1. The molecular weight excluding hydrogens is 735 g/mol. The van der Waals surface area contributed by atoms with Crippen molar-refractivity contribution < 1.29 is 28.7 Å². The summed E-state index contributed by atoms with van der Waals surface area (Å²) >= 11 is 0. The van der Waals surface area contributed by atoms with Gasteiger partial charge in [-0.1, -0.05) is 75.4 Å². The van der Waals surface area contributed by atoms with Gasteiger partial charge in [0.1, 0.15) is 5.69 Å². The maximum atomic E-state index is 14.1. The Bertz CT molecular complexity index is 1850. The molecule has 2 aromatic carbocycles. The largest absolute Gasteiger partial charge is 0.375 e. The summed E-state index contributed by atoms with van der Waals surface area (Å²) < 4.78 is 14.3. The fourth-order valence-electron chi connectivity index (χ4n) is 6.73. The van der Waals surface area contributed by atoms with Crippen molar-refractivity contribution in [2.24, 2.45) is 5.41 Å². The third-order valence-corrected chi connectivity index (χ3v) is 10.6. The number of carbonyl (C=O) groups excluding carboxylic acids is 4. The van der Waals surface area contributed by atoms with Crippen LogP contribution in [0.3, 0.4) is 0 Å². The van der Waals surface area contributed by atoms with Crippen LogP contribution in [0, 0.1) is 5.41 Å². The molecule has 2 heterocycles. The standard InChI is InChI=1S/C43H63N7O6.C2H6/c1-40(2,39(54)45-10)24-27-55-43(7,8)23-26-50-38-31-16-12-11-15-30(31)29-49(33-18-14-13-17-32(33)37(38)47-48-50)36(53)20-19-35(52)46-41(3,4)25-28-56-42(5,6)22-21-34(51)44-9;1-2/h11-18H,19-29H2,1-10H3,(H,44,51)(H,45,54)(H,46,52);1-2H3. The van der Waals surface area contributed by atoms with Crippen molar-refractivity contribution in [3.8, 4) is 22.5 Å². The summed E-state index contributed by atoms with van der Waals surface area (Å²) in [6.45, 7) is 21.4. The SMILES string of the molecule is CC.CNC(=O)CCC(C)(C)OCCC(C)(C)NC(=O)CCC(=O)N1Cc2ccccc2-c2c(nnn2CCC(C)(C)OCCC(C)(C)C(=O)NC)-c2ccccc21. The first-order valence-electron chi connectivity index (χ1n) is 20.7. The summed E-state index contributed by atoms with van der Waals surface area (Å²) in [6.07, 6.45) is 2.83. The zero-order valence-corrected chi connectivity index (χ0v) is 37.1. The molecule has 58 heavy (non-hydrogen) atoms. The molecule has 3 N–H and O–H groups in total. The van der Waals surface area contributed by atoms with Gasteiger partial charge in [0.2, 0.25) is 23.6 Å². The average molecular weight is 804 g/mol. The molecule has 320 valence electrons. The maximum Gasteiger partial charge on any atom is 0.227 e. The van der Waals surface area contributed by atoms with Gasteiger partial charge in [0.25, 0.3) is 0 Å². The van der Waals surface area contributed by atoms with Gasteiger partial charge >= 0.3 is 0 Å². The third kappa shape index (κ3) is 13.5. The van der Waals surface area contributed by atoms with Crippen LogP contribution in [0.1, 0.15) is 120 Å². The second-order valence-corrected chi connectivity index (χ2v) is 17.2. The number of benzene rings is 2. The number of hydrogen-bond donors (Lipinski definition) is 3. The predicted molar refractivity (Wildman–Crippen MR) is 230 cm³/mol. The number of para-hydroxylation sites is 1. The molecule has 13 heteroatoms. The van der Waals surface area contributed by atoms with Crippen LogP contribution in [0.4, 0.5) is 5.69 Å². The summed E-state index contributed by atoms with van der Waals surface area (Å²) in [5, 5.41) is 17.8. The number of nitrogens with one attached hydrogen (secondary N) is 3. The van der Waals surface area contributed by atoms with Crippen LogP contribution in [0.15, 0.2) is 48.5 Å². The van der Waals surface area contributed by atoms with E-state index in [1.54, 1.807) is 19.0 Å². The molecule has 1 aliphatic rings. The highest BCUT2D eigenvalue weighted by molar-refractivity contribution is 6.01. The second-order valence-electron chi connectivity index (χ2n) is 17.2. The summed E-state index contributed by atoms with van der Waals surface area (Å²) in [5.74, 6) is -0.426. The molecule has 0 saturated carbocycles. The summed E-state index contributed by atoms with van der Waals surface area (Å²) in [6, 6.07) is 15.7. The van der Waals surface area contributed by atoms with Gasteiger partial charge in [-0.15, -0.1) is 5.10 Å². The Morgan fingerprint density at radius 2 is 1.31 bits per heavy atom. The number of fused-ring (bicyclic) bond motifs is 5. The minimum absolute atomic E-state index is 0.0144. The topological polar surface area (TPSA) is 157 Å². The van der Waals surface area contributed by atoms with Crippen molar-refractivity contribution in [3.63, 3.8) is 0 Å². The molecule has 0 fully saturated rings. The van der Waals surface area contributed by atoms with Gasteiger partial charge in [-0.3, -0.25) is 19.2 Å². The zero-order valence-electron chi connectivity index (χ0n) is 37.1. The Morgan fingerprint density at radius 3 is 1.97 bits per heavy atom. The molecule has 4 rings (SSSR count). The Hall–Kier alpha value is -4.62. The molecule has 0 unspecified atom stereocenters. The van der Waals surface area contributed by atoms with Crippen molar-refractivity contribution in [1.29, 1.82) is 0 Å². The predicted octanol–water partition coefficient (Wildman–Crippen LogP) is 7.22. The van der Waals surface area contributed by atoms with E-state index >= 15 is 0 Å². The van der Waals surface area contributed by atoms with E-state index < -0.39 is 22.2 Å². The van der Waals surface area contributed by atoms with Gasteiger partial charge in [0, 0.05) is 75.2 Å². The van der Waals surface area contributed by atoms with Crippen LogP contribution >= 0.6 is 0 Å². The first-order chi connectivity index (χ1) is 27.3. The van der Waals surface area contributed by atoms with Crippen LogP contribution in [0.25, 0.3) is 22.5 Å². The monoisotopic (exact) mass is 804 g/mol. The number of amides is 4. The van der Waals surface area contributed by atoms with Crippen molar-refractivity contribution in [1.82, 2.24) is 30.9 Å². The van der Waals surface area contributed by atoms with E-state index in [2.05, 4.69) is 26.3 Å². The molecule has 4 amide bonds. The molecule has 0 bridgehead atoms. The Labute approximate surface area is 346 Å². The van der Waals surface area contributed by atoms with Crippen molar-refractivity contribution in [2.75, 3.05) is 32.2 Å². The van der Waals surface area contributed by atoms with E-state index in [4.69, 9.17) is 9.47 Å². The highest BCUT2D eigenvalue weighted by Gasteiger charge is 2.32. The molecule has 1 aromatic heterocycles. The molecule has 0 radical (unpaired) electrons. The Morgan fingerprint density at radius 1 is 0.707 bits per heavy atom. The minimum atomic E-state index is -0.559. The van der Waals surface area contributed by atoms with Gasteiger partial charge < -0.3 is 30.3 Å². The van der Waals surface area contributed by atoms with Crippen LogP contribution in [0.2, 0.25) is 0 Å². The second kappa shape index (κ2) is 20.9. The smallest absolute Gasteiger partial charge is 0.227 e. The van der Waals surface area contributed by atoms with Gasteiger partial charge in [0.15, 0.2) is 0 Å². The molecule has 0 atom stereocenters. The first-order valence-corrected chi connectivity index (χ1v) is 20.7. The number of aryl methyl sites for hydroxylation is 1. The van der Waals surface area contributed by atoms with E-state index in [0.717, 1.165) is 22.4 Å². The number of hydrogen-bond acceptors (Lipinski definition) is 8. The lowest BCUT2D eigenvalue weighted by molar-refractivity contribution is -0.131. The van der Waals surface area contributed by atoms with Gasteiger partial charge in [-0.2, -0.15) is 0 Å². The van der Waals surface area contributed by atoms with Crippen LogP contribution < -0.4 is 20.9 Å². The number of anilines is 1. The van der Waals surface area contributed by atoms with Gasteiger partial charge in [-0.05, 0) is 78.9 Å². The van der Waals surface area contributed by atoms with Gasteiger partial charge in [-0.25, -0.2) is 4.68 Å². The molecule has 0 spiro atoms. The number of aromatic nitrogens is 3. The molecule has 1 aliphatic heterocycles. The Kier molecular flexibility index (Phi) is 17.2. The third-order valence-electron chi connectivity index (χ3n) is 10.6.